The standard InChI is InChI=1S/C21H24FN3O4S/c1-5-10-25-19-9-8-16(30(27,28)24(3)4)12-18(19)23-20(25)13-29-21(26)15-7-6-14(2)17(22)11-15/h6-9,11-12H,5,10,13H2,1-4H3. The number of aromatic nitrogens is 2. The molecule has 30 heavy (non-hydrogen) atoms. The number of fused-ring (bicyclic) bond motifs is 1. The van der Waals surface area contributed by atoms with Crippen LogP contribution in [0.3, 0.4) is 0 Å². The fourth-order valence-electron chi connectivity index (χ4n) is 3.05. The van der Waals surface area contributed by atoms with Crippen LogP contribution in [0.25, 0.3) is 11.0 Å². The number of imidazole rings is 1. The molecule has 0 bridgehead atoms. The lowest BCUT2D eigenvalue weighted by molar-refractivity contribution is 0.0458. The van der Waals surface area contributed by atoms with Gasteiger partial charge in [-0.2, -0.15) is 0 Å². The Hall–Kier alpha value is -2.78. The van der Waals surface area contributed by atoms with Gasteiger partial charge in [-0.1, -0.05) is 13.0 Å². The van der Waals surface area contributed by atoms with E-state index in [1.807, 2.05) is 11.5 Å². The van der Waals surface area contributed by atoms with Crippen molar-refractivity contribution in [1.29, 1.82) is 0 Å². The molecule has 0 atom stereocenters. The zero-order valence-corrected chi connectivity index (χ0v) is 18.2. The maximum absolute atomic E-state index is 13.7. The van der Waals surface area contributed by atoms with Crippen LogP contribution in [0, 0.1) is 12.7 Å². The van der Waals surface area contributed by atoms with Crippen LogP contribution in [-0.4, -0.2) is 42.3 Å². The number of halogens is 1. The molecule has 0 unspecified atom stereocenters. The summed E-state index contributed by atoms with van der Waals surface area (Å²) in [7, 11) is -0.658. The number of ether oxygens (including phenoxy) is 1. The number of aryl methyl sites for hydroxylation is 2. The lowest BCUT2D eigenvalue weighted by atomic mass is 10.1. The number of benzene rings is 2. The Morgan fingerprint density at radius 1 is 1.20 bits per heavy atom. The quantitative estimate of drug-likeness (QED) is 0.533. The van der Waals surface area contributed by atoms with Gasteiger partial charge in [0.25, 0.3) is 0 Å². The fraction of sp³-hybridized carbons (Fsp3) is 0.333. The van der Waals surface area contributed by atoms with Crippen molar-refractivity contribution >= 4 is 27.0 Å². The Bertz CT molecular complexity index is 1200. The van der Waals surface area contributed by atoms with Crippen molar-refractivity contribution in [2.24, 2.45) is 0 Å². The minimum absolute atomic E-state index is 0.112. The summed E-state index contributed by atoms with van der Waals surface area (Å²) in [6, 6.07) is 8.92. The summed E-state index contributed by atoms with van der Waals surface area (Å²) in [6.45, 7) is 4.13. The van der Waals surface area contributed by atoms with Crippen molar-refractivity contribution in [3.63, 3.8) is 0 Å². The maximum atomic E-state index is 13.7. The highest BCUT2D eigenvalue weighted by atomic mass is 32.2. The minimum Gasteiger partial charge on any atom is -0.454 e. The number of sulfonamides is 1. The molecule has 3 rings (SSSR count). The third-order valence-electron chi connectivity index (χ3n) is 4.76. The molecule has 0 aliphatic heterocycles. The molecule has 0 amide bonds. The smallest absolute Gasteiger partial charge is 0.338 e. The average molecular weight is 434 g/mol. The van der Waals surface area contributed by atoms with Crippen LogP contribution in [0.2, 0.25) is 0 Å². The normalized spacial score (nSPS) is 11.9. The number of esters is 1. The maximum Gasteiger partial charge on any atom is 0.338 e. The molecule has 160 valence electrons. The third kappa shape index (κ3) is 4.22. The first kappa shape index (κ1) is 21.9. The average Bonchev–Trinajstić information content (AvgIpc) is 3.05. The molecule has 0 spiro atoms. The SMILES string of the molecule is CCCn1c(COC(=O)c2ccc(C)c(F)c2)nc2cc(S(=O)(=O)N(C)C)ccc21. The molecule has 7 nitrogen and oxygen atoms in total. The van der Waals surface area contributed by atoms with Crippen LogP contribution in [-0.2, 0) is 27.9 Å². The second-order valence-electron chi connectivity index (χ2n) is 7.16. The molecule has 3 aromatic rings. The molecule has 0 N–H and O–H groups in total. The molecule has 9 heteroatoms. The zero-order valence-electron chi connectivity index (χ0n) is 17.3. The van der Waals surface area contributed by atoms with Gasteiger partial charge in [0, 0.05) is 20.6 Å². The van der Waals surface area contributed by atoms with Crippen molar-refractivity contribution in [3.05, 3.63) is 59.2 Å². The summed E-state index contributed by atoms with van der Waals surface area (Å²) >= 11 is 0. The van der Waals surface area contributed by atoms with Gasteiger partial charge < -0.3 is 9.30 Å². The largest absolute Gasteiger partial charge is 0.454 e. The van der Waals surface area contributed by atoms with Gasteiger partial charge in [0.15, 0.2) is 0 Å². The number of rotatable bonds is 7. The van der Waals surface area contributed by atoms with Gasteiger partial charge in [-0.15, -0.1) is 0 Å². The van der Waals surface area contributed by atoms with Gasteiger partial charge in [0.1, 0.15) is 18.2 Å². The highest BCUT2D eigenvalue weighted by Gasteiger charge is 2.20. The van der Waals surface area contributed by atoms with E-state index in [-0.39, 0.29) is 17.1 Å². The van der Waals surface area contributed by atoms with Crippen LogP contribution < -0.4 is 0 Å². The number of nitrogens with zero attached hydrogens (tertiary/aromatic N) is 3. The Kier molecular flexibility index (Phi) is 6.23. The van der Waals surface area contributed by atoms with E-state index in [0.29, 0.717) is 23.4 Å². The monoisotopic (exact) mass is 433 g/mol. The highest BCUT2D eigenvalue weighted by molar-refractivity contribution is 7.89. The van der Waals surface area contributed by atoms with Crippen molar-refractivity contribution in [2.75, 3.05) is 14.1 Å². The van der Waals surface area contributed by atoms with Crippen molar-refractivity contribution in [2.45, 2.75) is 38.3 Å². The molecule has 0 aliphatic rings. The molecular formula is C21H24FN3O4S. The minimum atomic E-state index is -3.59. The summed E-state index contributed by atoms with van der Waals surface area (Å²) < 4.78 is 46.9. The third-order valence-corrected chi connectivity index (χ3v) is 6.58. The van der Waals surface area contributed by atoms with E-state index in [2.05, 4.69) is 4.98 Å². The molecule has 1 aromatic heterocycles. The lowest BCUT2D eigenvalue weighted by Gasteiger charge is -2.11. The second-order valence-corrected chi connectivity index (χ2v) is 9.31. The van der Waals surface area contributed by atoms with Crippen LogP contribution in [0.4, 0.5) is 4.39 Å². The van der Waals surface area contributed by atoms with Crippen LogP contribution in [0.1, 0.15) is 35.1 Å². The Balaban J connectivity index is 1.91. The summed E-state index contributed by atoms with van der Waals surface area (Å²) in [5, 5.41) is 0. The first-order valence-electron chi connectivity index (χ1n) is 9.50. The second kappa shape index (κ2) is 8.53. The van der Waals surface area contributed by atoms with E-state index in [9.17, 15) is 17.6 Å². The van der Waals surface area contributed by atoms with Gasteiger partial charge in [0.2, 0.25) is 10.0 Å². The summed E-state index contributed by atoms with van der Waals surface area (Å²) in [6.07, 6.45) is 0.813. The van der Waals surface area contributed by atoms with E-state index in [4.69, 9.17) is 4.74 Å². The Morgan fingerprint density at radius 3 is 2.57 bits per heavy atom. The molecule has 0 fully saturated rings. The first-order valence-corrected chi connectivity index (χ1v) is 10.9. The topological polar surface area (TPSA) is 81.5 Å². The van der Waals surface area contributed by atoms with Crippen molar-refractivity contribution in [3.8, 4) is 0 Å². The highest BCUT2D eigenvalue weighted by Crippen LogP contribution is 2.23. The molecule has 0 radical (unpaired) electrons. The predicted octanol–water partition coefficient (Wildman–Crippen LogP) is 3.50. The predicted molar refractivity (Wildman–Crippen MR) is 111 cm³/mol. The molecule has 2 aromatic carbocycles. The molecule has 0 saturated carbocycles. The van der Waals surface area contributed by atoms with Crippen molar-refractivity contribution in [1.82, 2.24) is 13.9 Å². The van der Waals surface area contributed by atoms with Gasteiger partial charge in [-0.05, 0) is 49.2 Å². The first-order chi connectivity index (χ1) is 14.1. The summed E-state index contributed by atoms with van der Waals surface area (Å²) in [4.78, 5) is 16.9. The molecular weight excluding hydrogens is 409 g/mol. The fourth-order valence-corrected chi connectivity index (χ4v) is 3.97. The summed E-state index contributed by atoms with van der Waals surface area (Å²) in [5.41, 5.74) is 1.82. The van der Waals surface area contributed by atoms with E-state index in [1.165, 1.54) is 38.4 Å². The van der Waals surface area contributed by atoms with Crippen LogP contribution in [0.5, 0.6) is 0 Å². The molecule has 1 heterocycles. The Labute approximate surface area is 175 Å². The number of hydrogen-bond acceptors (Lipinski definition) is 5. The van der Waals surface area contributed by atoms with Crippen LogP contribution >= 0.6 is 0 Å². The zero-order chi connectivity index (χ0) is 22.1. The summed E-state index contributed by atoms with van der Waals surface area (Å²) in [5.74, 6) is -0.635. The van der Waals surface area contributed by atoms with E-state index in [1.54, 1.807) is 13.0 Å². The number of carbonyl (C=O) groups excluding carboxylic acids is 1. The van der Waals surface area contributed by atoms with Gasteiger partial charge in [-0.25, -0.2) is 26.9 Å². The lowest BCUT2D eigenvalue weighted by Crippen LogP contribution is -2.22. The van der Waals surface area contributed by atoms with Crippen LogP contribution in [0.15, 0.2) is 41.3 Å². The molecule has 0 saturated heterocycles. The van der Waals surface area contributed by atoms with Crippen molar-refractivity contribution < 1.29 is 22.3 Å². The van der Waals surface area contributed by atoms with E-state index < -0.39 is 21.8 Å². The number of hydrogen-bond donors (Lipinski definition) is 0. The van der Waals surface area contributed by atoms with Gasteiger partial charge >= 0.3 is 5.97 Å². The van der Waals surface area contributed by atoms with Gasteiger partial charge in [-0.3, -0.25) is 0 Å². The Morgan fingerprint density at radius 2 is 1.93 bits per heavy atom. The molecule has 0 aliphatic carbocycles. The van der Waals surface area contributed by atoms with Gasteiger partial charge in [0.05, 0.1) is 21.5 Å². The van der Waals surface area contributed by atoms with E-state index in [0.717, 1.165) is 22.3 Å². The number of carbonyl (C=O) groups is 1. The van der Waals surface area contributed by atoms with E-state index >= 15 is 0 Å².